The van der Waals surface area contributed by atoms with E-state index in [1.54, 1.807) is 6.07 Å². The lowest BCUT2D eigenvalue weighted by molar-refractivity contribution is 0.0460. The van der Waals surface area contributed by atoms with Gasteiger partial charge in [-0.2, -0.15) is 0 Å². The maximum Gasteiger partial charge on any atom is 0.126 e. The van der Waals surface area contributed by atoms with Crippen LogP contribution in [0.4, 0.5) is 4.39 Å². The average Bonchev–Trinajstić information content (AvgIpc) is 2.33. The van der Waals surface area contributed by atoms with Gasteiger partial charge in [0, 0.05) is 10.4 Å². The summed E-state index contributed by atoms with van der Waals surface area (Å²) in [5.41, 5.74) is -0.227. The van der Waals surface area contributed by atoms with Crippen LogP contribution >= 0.6 is 11.6 Å². The highest BCUT2D eigenvalue weighted by Crippen LogP contribution is 2.30. The van der Waals surface area contributed by atoms with Crippen molar-refractivity contribution in [2.45, 2.75) is 26.2 Å². The van der Waals surface area contributed by atoms with Crippen LogP contribution in [-0.2, 0) is 6.42 Å². The zero-order valence-electron chi connectivity index (χ0n) is 9.92. The van der Waals surface area contributed by atoms with Gasteiger partial charge in [0.2, 0.25) is 0 Å². The Hall–Kier alpha value is -0.640. The largest absolute Gasteiger partial charge is 0.396 e. The van der Waals surface area contributed by atoms with Crippen LogP contribution in [0.1, 0.15) is 25.3 Å². The molecule has 0 aromatic heterocycles. The standard InChI is InChI=1S/C13H18ClFO2/c1-2-5-13(8-16,9-17)7-10-6-11(14)3-4-12(10)15/h3-4,6,16-17H,2,5,7-9H2,1H3. The molecule has 0 radical (unpaired) electrons. The molecule has 2 nitrogen and oxygen atoms in total. The van der Waals surface area contributed by atoms with Gasteiger partial charge in [-0.25, -0.2) is 4.39 Å². The molecule has 0 aliphatic heterocycles. The van der Waals surface area contributed by atoms with E-state index in [1.807, 2.05) is 6.92 Å². The number of halogens is 2. The molecule has 4 heteroatoms. The van der Waals surface area contributed by atoms with Gasteiger partial charge in [-0.15, -0.1) is 0 Å². The molecule has 0 spiro atoms. The maximum atomic E-state index is 13.6. The van der Waals surface area contributed by atoms with Gasteiger partial charge in [0.05, 0.1) is 13.2 Å². The monoisotopic (exact) mass is 260 g/mol. The van der Waals surface area contributed by atoms with Crippen molar-refractivity contribution in [3.63, 3.8) is 0 Å². The predicted octanol–water partition coefficient (Wildman–Crippen LogP) is 2.79. The Morgan fingerprint density at radius 1 is 1.29 bits per heavy atom. The molecule has 0 aliphatic carbocycles. The molecule has 0 saturated heterocycles. The lowest BCUT2D eigenvalue weighted by Gasteiger charge is -2.29. The number of rotatable bonds is 6. The van der Waals surface area contributed by atoms with E-state index in [9.17, 15) is 14.6 Å². The van der Waals surface area contributed by atoms with Crippen molar-refractivity contribution >= 4 is 11.6 Å². The number of hydrogen-bond acceptors (Lipinski definition) is 2. The van der Waals surface area contributed by atoms with Crippen LogP contribution in [0.2, 0.25) is 5.02 Å². The second kappa shape index (κ2) is 6.34. The Morgan fingerprint density at radius 2 is 1.94 bits per heavy atom. The summed E-state index contributed by atoms with van der Waals surface area (Å²) in [7, 11) is 0. The first-order valence-electron chi connectivity index (χ1n) is 5.72. The topological polar surface area (TPSA) is 40.5 Å². The van der Waals surface area contributed by atoms with Gasteiger partial charge in [0.25, 0.3) is 0 Å². The predicted molar refractivity (Wildman–Crippen MR) is 66.6 cm³/mol. The second-order valence-electron chi connectivity index (χ2n) is 4.48. The Labute approximate surface area is 106 Å². The van der Waals surface area contributed by atoms with E-state index in [0.29, 0.717) is 23.4 Å². The number of aliphatic hydroxyl groups is 2. The van der Waals surface area contributed by atoms with Gasteiger partial charge in [0.1, 0.15) is 5.82 Å². The summed E-state index contributed by atoms with van der Waals surface area (Å²) in [6.45, 7) is 1.64. The molecule has 0 atom stereocenters. The van der Waals surface area contributed by atoms with E-state index in [0.717, 1.165) is 6.42 Å². The summed E-state index contributed by atoms with van der Waals surface area (Å²) < 4.78 is 13.6. The summed E-state index contributed by atoms with van der Waals surface area (Å²) in [4.78, 5) is 0. The molecule has 96 valence electrons. The highest BCUT2D eigenvalue weighted by atomic mass is 35.5. The fourth-order valence-electron chi connectivity index (χ4n) is 2.02. The summed E-state index contributed by atoms with van der Waals surface area (Å²) in [5.74, 6) is -0.350. The normalized spacial score (nSPS) is 11.8. The molecule has 0 heterocycles. The first-order chi connectivity index (χ1) is 8.06. The Kier molecular flexibility index (Phi) is 5.37. The van der Waals surface area contributed by atoms with Crippen LogP contribution in [0.3, 0.4) is 0 Å². The highest BCUT2D eigenvalue weighted by Gasteiger charge is 2.29. The van der Waals surface area contributed by atoms with Crippen LogP contribution in [0, 0.1) is 11.2 Å². The first kappa shape index (κ1) is 14.4. The zero-order chi connectivity index (χ0) is 12.9. The highest BCUT2D eigenvalue weighted by molar-refractivity contribution is 6.30. The average molecular weight is 261 g/mol. The number of hydrogen-bond donors (Lipinski definition) is 2. The molecule has 17 heavy (non-hydrogen) atoms. The minimum absolute atomic E-state index is 0.163. The molecular weight excluding hydrogens is 243 g/mol. The molecule has 0 unspecified atom stereocenters. The molecule has 1 rings (SSSR count). The first-order valence-corrected chi connectivity index (χ1v) is 6.10. The Morgan fingerprint density at radius 3 is 2.47 bits per heavy atom. The van der Waals surface area contributed by atoms with Gasteiger partial charge in [0.15, 0.2) is 0 Å². The zero-order valence-corrected chi connectivity index (χ0v) is 10.7. The van der Waals surface area contributed by atoms with E-state index < -0.39 is 5.41 Å². The summed E-state index contributed by atoms with van der Waals surface area (Å²) >= 11 is 5.82. The van der Waals surface area contributed by atoms with Gasteiger partial charge >= 0.3 is 0 Å². The van der Waals surface area contributed by atoms with Crippen molar-refractivity contribution in [2.24, 2.45) is 5.41 Å². The van der Waals surface area contributed by atoms with Gasteiger partial charge in [-0.05, 0) is 36.6 Å². The second-order valence-corrected chi connectivity index (χ2v) is 4.92. The quantitative estimate of drug-likeness (QED) is 0.826. The van der Waals surface area contributed by atoms with E-state index in [-0.39, 0.29) is 19.0 Å². The molecular formula is C13H18ClFO2. The number of benzene rings is 1. The SMILES string of the molecule is CCCC(CO)(CO)Cc1cc(Cl)ccc1F. The molecule has 0 aliphatic rings. The lowest BCUT2D eigenvalue weighted by Crippen LogP contribution is -2.32. The van der Waals surface area contributed by atoms with Crippen LogP contribution < -0.4 is 0 Å². The fraction of sp³-hybridized carbons (Fsp3) is 0.538. The van der Waals surface area contributed by atoms with Gasteiger partial charge in [-0.3, -0.25) is 0 Å². The van der Waals surface area contributed by atoms with Crippen molar-refractivity contribution in [1.29, 1.82) is 0 Å². The summed E-state index contributed by atoms with van der Waals surface area (Å²) in [5, 5.41) is 19.3. The van der Waals surface area contributed by atoms with E-state index in [1.165, 1.54) is 12.1 Å². The molecule has 0 bridgehead atoms. The third-order valence-electron chi connectivity index (χ3n) is 3.02. The van der Waals surface area contributed by atoms with Gasteiger partial charge in [-0.1, -0.05) is 24.9 Å². The summed E-state index contributed by atoms with van der Waals surface area (Å²) in [6.07, 6.45) is 1.76. The molecule has 0 saturated carbocycles. The minimum Gasteiger partial charge on any atom is -0.396 e. The van der Waals surface area contributed by atoms with Crippen LogP contribution in [0.5, 0.6) is 0 Å². The number of aliphatic hydroxyl groups excluding tert-OH is 2. The summed E-state index contributed by atoms with van der Waals surface area (Å²) in [6, 6.07) is 4.34. The van der Waals surface area contributed by atoms with Crippen molar-refractivity contribution in [3.8, 4) is 0 Å². The molecule has 1 aromatic carbocycles. The third kappa shape index (κ3) is 3.66. The van der Waals surface area contributed by atoms with Crippen LogP contribution in [0.15, 0.2) is 18.2 Å². The van der Waals surface area contributed by atoms with Crippen LogP contribution in [-0.4, -0.2) is 23.4 Å². The van der Waals surface area contributed by atoms with Gasteiger partial charge < -0.3 is 10.2 Å². The molecule has 2 N–H and O–H groups in total. The van der Waals surface area contributed by atoms with Crippen molar-refractivity contribution in [1.82, 2.24) is 0 Å². The molecule has 1 aromatic rings. The van der Waals surface area contributed by atoms with E-state index >= 15 is 0 Å². The smallest absolute Gasteiger partial charge is 0.126 e. The minimum atomic E-state index is -0.666. The fourth-order valence-corrected chi connectivity index (χ4v) is 2.22. The maximum absolute atomic E-state index is 13.6. The van der Waals surface area contributed by atoms with Crippen molar-refractivity contribution in [3.05, 3.63) is 34.6 Å². The van der Waals surface area contributed by atoms with Crippen LogP contribution in [0.25, 0.3) is 0 Å². The molecule has 0 fully saturated rings. The Balaban J connectivity index is 2.96. The van der Waals surface area contributed by atoms with Crippen molar-refractivity contribution < 1.29 is 14.6 Å². The Bertz CT molecular complexity index is 364. The van der Waals surface area contributed by atoms with Crippen molar-refractivity contribution in [2.75, 3.05) is 13.2 Å². The third-order valence-corrected chi connectivity index (χ3v) is 3.26. The molecule has 0 amide bonds. The van der Waals surface area contributed by atoms with E-state index in [4.69, 9.17) is 11.6 Å². The lowest BCUT2D eigenvalue weighted by atomic mass is 9.79. The van der Waals surface area contributed by atoms with E-state index in [2.05, 4.69) is 0 Å².